The molecule has 4 heterocycles. The average Bonchev–Trinajstić information content (AvgIpc) is 3.96. The summed E-state index contributed by atoms with van der Waals surface area (Å²) < 4.78 is 11.6. The molecule has 11 aromatic rings. The standard InChI is InChI=1S/C51H34N4OS/c1-3-13-31(14-4-1)49-52-50(32-15-5-2-6-16-32)54-51(53-49)33-25-27-41-45(29-33)56-44-24-12-19-38(47(41)44)40-21-11-20-39-37-28-26-34(30-46(37)57-48(39)40)55-42-22-9-7-17-35(42)36-18-8-10-23-43(36)55/h1-30,49,51,53H,(H,52,54). The normalized spacial score (nSPS) is 15.9. The first-order valence-electron chi connectivity index (χ1n) is 19.4. The zero-order chi connectivity index (χ0) is 37.5. The summed E-state index contributed by atoms with van der Waals surface area (Å²) in [5.74, 6) is 0.860. The van der Waals surface area contributed by atoms with Crippen molar-refractivity contribution in [1.82, 2.24) is 15.2 Å². The summed E-state index contributed by atoms with van der Waals surface area (Å²) in [6, 6.07) is 64.9. The van der Waals surface area contributed by atoms with Gasteiger partial charge >= 0.3 is 0 Å². The van der Waals surface area contributed by atoms with Crippen LogP contribution in [-0.4, -0.2) is 10.4 Å². The van der Waals surface area contributed by atoms with Gasteiger partial charge in [-0.3, -0.25) is 5.32 Å². The zero-order valence-corrected chi connectivity index (χ0v) is 31.5. The SMILES string of the molecule is c1ccc(C2=NC(c3ccc4c(c3)oc3cccc(-c5cccc6c5sc5cc(-n7c8ccccc8c8ccccc87)ccc56)c34)NC(c3ccccc3)N2)cc1. The Balaban J connectivity index is 0.971. The van der Waals surface area contributed by atoms with Crippen LogP contribution in [0.1, 0.15) is 29.0 Å². The second kappa shape index (κ2) is 12.8. The van der Waals surface area contributed by atoms with Gasteiger partial charge in [0.25, 0.3) is 0 Å². The molecule has 1 aliphatic heterocycles. The van der Waals surface area contributed by atoms with E-state index < -0.39 is 0 Å². The predicted octanol–water partition coefficient (Wildman–Crippen LogP) is 13.1. The second-order valence-electron chi connectivity index (χ2n) is 14.8. The number of hydrogen-bond donors (Lipinski definition) is 2. The molecule has 0 saturated heterocycles. The van der Waals surface area contributed by atoms with E-state index >= 15 is 0 Å². The number of nitrogens with one attached hydrogen (secondary N) is 2. The molecule has 6 heteroatoms. The number of thiophene rings is 1. The quantitative estimate of drug-likeness (QED) is 0.184. The van der Waals surface area contributed by atoms with E-state index in [4.69, 9.17) is 9.41 Å². The van der Waals surface area contributed by atoms with Crippen molar-refractivity contribution in [3.05, 3.63) is 199 Å². The van der Waals surface area contributed by atoms with Crippen LogP contribution in [0.5, 0.6) is 0 Å². The van der Waals surface area contributed by atoms with Crippen LogP contribution in [0.4, 0.5) is 0 Å². The number of nitrogens with zero attached hydrogens (tertiary/aromatic N) is 2. The van der Waals surface area contributed by atoms with Crippen molar-refractivity contribution < 1.29 is 4.42 Å². The molecule has 12 rings (SSSR count). The number of para-hydroxylation sites is 2. The smallest absolute Gasteiger partial charge is 0.136 e. The van der Waals surface area contributed by atoms with Crippen molar-refractivity contribution in [3.63, 3.8) is 0 Å². The van der Waals surface area contributed by atoms with Crippen LogP contribution in [0, 0.1) is 0 Å². The van der Waals surface area contributed by atoms with Gasteiger partial charge < -0.3 is 14.3 Å². The summed E-state index contributed by atoms with van der Waals surface area (Å²) in [7, 11) is 0. The molecule has 8 aromatic carbocycles. The van der Waals surface area contributed by atoms with Crippen molar-refractivity contribution in [2.75, 3.05) is 0 Å². The van der Waals surface area contributed by atoms with Gasteiger partial charge in [-0.25, -0.2) is 4.99 Å². The molecule has 2 unspecified atom stereocenters. The highest BCUT2D eigenvalue weighted by Crippen LogP contribution is 2.45. The van der Waals surface area contributed by atoms with E-state index in [0.29, 0.717) is 0 Å². The number of rotatable bonds is 5. The Morgan fingerprint density at radius 3 is 2.02 bits per heavy atom. The molecule has 2 N–H and O–H groups in total. The maximum Gasteiger partial charge on any atom is 0.136 e. The molecule has 2 atom stereocenters. The number of furan rings is 1. The van der Waals surface area contributed by atoms with E-state index in [1.54, 1.807) is 0 Å². The first-order chi connectivity index (χ1) is 28.2. The highest BCUT2D eigenvalue weighted by molar-refractivity contribution is 7.26. The van der Waals surface area contributed by atoms with E-state index in [1.165, 1.54) is 58.8 Å². The van der Waals surface area contributed by atoms with Gasteiger partial charge in [0.15, 0.2) is 0 Å². The molecule has 0 amide bonds. The van der Waals surface area contributed by atoms with Gasteiger partial charge in [-0.15, -0.1) is 11.3 Å². The minimum absolute atomic E-state index is 0.110. The number of aromatic nitrogens is 1. The van der Waals surface area contributed by atoms with Gasteiger partial charge in [0.2, 0.25) is 0 Å². The molecular formula is C51H34N4OS. The maximum absolute atomic E-state index is 6.68. The number of amidine groups is 1. The Morgan fingerprint density at radius 1 is 0.526 bits per heavy atom. The second-order valence-corrected chi connectivity index (χ2v) is 15.8. The molecule has 5 nitrogen and oxygen atoms in total. The van der Waals surface area contributed by atoms with Gasteiger partial charge in [-0.1, -0.05) is 146 Å². The Hall–Kier alpha value is -6.99. The lowest BCUT2D eigenvalue weighted by molar-refractivity contribution is 0.409. The number of aliphatic imine (C=N–C) groups is 1. The predicted molar refractivity (Wildman–Crippen MR) is 238 cm³/mol. The molecule has 0 fully saturated rings. The van der Waals surface area contributed by atoms with Crippen LogP contribution in [0.25, 0.3) is 80.7 Å². The lowest BCUT2D eigenvalue weighted by Gasteiger charge is -2.32. The third kappa shape index (κ3) is 5.15. The van der Waals surface area contributed by atoms with Crippen LogP contribution < -0.4 is 10.6 Å². The van der Waals surface area contributed by atoms with Crippen LogP contribution in [0.2, 0.25) is 0 Å². The third-order valence-corrected chi connectivity index (χ3v) is 12.7. The van der Waals surface area contributed by atoms with Crippen molar-refractivity contribution in [2.45, 2.75) is 12.3 Å². The fourth-order valence-corrected chi connectivity index (χ4v) is 10.1. The summed E-state index contributed by atoms with van der Waals surface area (Å²) in [6.07, 6.45) is -0.384. The van der Waals surface area contributed by atoms with Crippen LogP contribution >= 0.6 is 11.3 Å². The van der Waals surface area contributed by atoms with Crippen LogP contribution in [0.3, 0.4) is 0 Å². The van der Waals surface area contributed by atoms with Crippen molar-refractivity contribution in [3.8, 4) is 16.8 Å². The van der Waals surface area contributed by atoms with Gasteiger partial charge in [0.05, 0.1) is 11.0 Å². The summed E-state index contributed by atoms with van der Waals surface area (Å²) in [6.45, 7) is 0. The Labute approximate surface area is 332 Å². The van der Waals surface area contributed by atoms with Gasteiger partial charge in [-0.05, 0) is 53.1 Å². The minimum Gasteiger partial charge on any atom is -0.456 e. The largest absolute Gasteiger partial charge is 0.456 e. The molecule has 57 heavy (non-hydrogen) atoms. The molecule has 0 aliphatic carbocycles. The molecule has 0 bridgehead atoms. The Morgan fingerprint density at radius 2 is 1.21 bits per heavy atom. The van der Waals surface area contributed by atoms with Gasteiger partial charge in [0.1, 0.15) is 29.3 Å². The molecule has 0 spiro atoms. The summed E-state index contributed by atoms with van der Waals surface area (Å²) in [5.41, 5.74) is 11.0. The molecule has 270 valence electrons. The molecule has 3 aromatic heterocycles. The number of benzene rings is 8. The summed E-state index contributed by atoms with van der Waals surface area (Å²) >= 11 is 1.87. The fourth-order valence-electron chi connectivity index (χ4n) is 8.87. The third-order valence-electron chi connectivity index (χ3n) is 11.5. The van der Waals surface area contributed by atoms with Crippen LogP contribution in [-0.2, 0) is 0 Å². The first-order valence-corrected chi connectivity index (χ1v) is 20.2. The Bertz CT molecular complexity index is 3320. The average molecular weight is 751 g/mol. The lowest BCUT2D eigenvalue weighted by atomic mass is 9.97. The molecule has 1 aliphatic rings. The van der Waals surface area contributed by atoms with E-state index in [2.05, 4.69) is 185 Å². The highest BCUT2D eigenvalue weighted by atomic mass is 32.1. The van der Waals surface area contributed by atoms with Gasteiger partial charge in [0, 0.05) is 58.5 Å². The van der Waals surface area contributed by atoms with Gasteiger partial charge in [-0.2, -0.15) is 0 Å². The molecule has 0 radical (unpaired) electrons. The summed E-state index contributed by atoms with van der Waals surface area (Å²) in [5, 5.41) is 14.7. The van der Waals surface area contributed by atoms with E-state index in [9.17, 15) is 0 Å². The lowest BCUT2D eigenvalue weighted by Crippen LogP contribution is -2.44. The van der Waals surface area contributed by atoms with E-state index in [0.717, 1.165) is 44.5 Å². The van der Waals surface area contributed by atoms with Crippen LogP contribution in [0.15, 0.2) is 191 Å². The number of fused-ring (bicyclic) bond motifs is 9. The van der Waals surface area contributed by atoms with E-state index in [1.807, 2.05) is 23.5 Å². The topological polar surface area (TPSA) is 54.5 Å². The maximum atomic E-state index is 6.68. The van der Waals surface area contributed by atoms with Crippen molar-refractivity contribution >= 4 is 81.1 Å². The first kappa shape index (κ1) is 32.3. The van der Waals surface area contributed by atoms with Crippen molar-refractivity contribution in [1.29, 1.82) is 0 Å². The summed E-state index contributed by atoms with van der Waals surface area (Å²) in [4.78, 5) is 5.18. The fraction of sp³-hybridized carbons (Fsp3) is 0.0392. The van der Waals surface area contributed by atoms with E-state index in [-0.39, 0.29) is 12.3 Å². The minimum atomic E-state index is -0.275. The zero-order valence-electron chi connectivity index (χ0n) is 30.7. The molecular weight excluding hydrogens is 717 g/mol. The molecule has 0 saturated carbocycles. The van der Waals surface area contributed by atoms with Crippen molar-refractivity contribution in [2.24, 2.45) is 4.99 Å². The Kier molecular flexibility index (Phi) is 7.24. The monoisotopic (exact) mass is 750 g/mol. The highest BCUT2D eigenvalue weighted by Gasteiger charge is 2.26. The number of hydrogen-bond acceptors (Lipinski definition) is 5.